The minimum absolute atomic E-state index is 0.0703. The highest BCUT2D eigenvalue weighted by molar-refractivity contribution is 5.31. The van der Waals surface area contributed by atoms with Gasteiger partial charge in [0.2, 0.25) is 5.88 Å². The summed E-state index contributed by atoms with van der Waals surface area (Å²) in [7, 11) is 1.60. The molecule has 2 rings (SSSR count). The lowest BCUT2D eigenvalue weighted by atomic mass is 9.96. The van der Waals surface area contributed by atoms with E-state index in [2.05, 4.69) is 10.3 Å². The lowest BCUT2D eigenvalue weighted by Crippen LogP contribution is -2.24. The van der Waals surface area contributed by atoms with Crippen molar-refractivity contribution in [3.05, 3.63) is 59.0 Å². The number of halogens is 1. The molecule has 0 bridgehead atoms. The van der Waals surface area contributed by atoms with Crippen molar-refractivity contribution in [2.24, 2.45) is 0 Å². The molecular weight excluding hydrogens is 267 g/mol. The fourth-order valence-corrected chi connectivity index (χ4v) is 2.41. The minimum Gasteiger partial charge on any atom is -0.481 e. The van der Waals surface area contributed by atoms with Crippen LogP contribution in [0.25, 0.3) is 0 Å². The molecule has 1 aromatic heterocycles. The highest BCUT2D eigenvalue weighted by Gasteiger charge is 2.14. The van der Waals surface area contributed by atoms with E-state index in [9.17, 15) is 4.39 Å². The summed E-state index contributed by atoms with van der Waals surface area (Å²) in [5.74, 6) is 0.395. The molecule has 0 spiro atoms. The second-order valence-electron chi connectivity index (χ2n) is 5.02. The van der Waals surface area contributed by atoms with Gasteiger partial charge in [-0.15, -0.1) is 0 Å². The molecule has 0 amide bonds. The second kappa shape index (κ2) is 7.18. The van der Waals surface area contributed by atoms with Crippen LogP contribution in [0.5, 0.6) is 5.88 Å². The monoisotopic (exact) mass is 288 g/mol. The summed E-state index contributed by atoms with van der Waals surface area (Å²) in [4.78, 5) is 4.22. The van der Waals surface area contributed by atoms with Crippen LogP contribution in [-0.4, -0.2) is 18.6 Å². The fraction of sp³-hybridized carbons (Fsp3) is 0.353. The number of aryl methyl sites for hydroxylation is 1. The number of rotatable bonds is 6. The van der Waals surface area contributed by atoms with E-state index in [0.717, 1.165) is 29.7 Å². The van der Waals surface area contributed by atoms with E-state index >= 15 is 0 Å². The van der Waals surface area contributed by atoms with Crippen LogP contribution >= 0.6 is 0 Å². The van der Waals surface area contributed by atoms with E-state index in [0.29, 0.717) is 5.88 Å². The maximum Gasteiger partial charge on any atom is 0.212 e. The second-order valence-corrected chi connectivity index (χ2v) is 5.02. The number of pyridine rings is 1. The average molecular weight is 288 g/mol. The molecule has 0 aliphatic carbocycles. The van der Waals surface area contributed by atoms with Crippen LogP contribution in [0.2, 0.25) is 0 Å². The molecular formula is C17H21FN2O. The molecule has 21 heavy (non-hydrogen) atoms. The maximum absolute atomic E-state index is 13.5. The molecule has 0 aliphatic heterocycles. The first kappa shape index (κ1) is 15.4. The van der Waals surface area contributed by atoms with E-state index in [-0.39, 0.29) is 11.9 Å². The molecule has 0 aliphatic rings. The standard InChI is InChI=1S/C17H21FN2O/c1-4-19-16(15-10-14(18)7-5-12(15)2)9-13-6-8-17(21-3)20-11-13/h5-8,10-11,16,19H,4,9H2,1-3H3. The smallest absolute Gasteiger partial charge is 0.212 e. The lowest BCUT2D eigenvalue weighted by molar-refractivity contribution is 0.397. The number of benzene rings is 1. The number of aromatic nitrogens is 1. The number of methoxy groups -OCH3 is 1. The zero-order valence-corrected chi connectivity index (χ0v) is 12.7. The van der Waals surface area contributed by atoms with Gasteiger partial charge in [-0.2, -0.15) is 0 Å². The Labute approximate surface area is 125 Å². The molecule has 1 aromatic carbocycles. The summed E-state index contributed by atoms with van der Waals surface area (Å²) in [6.07, 6.45) is 2.56. The van der Waals surface area contributed by atoms with Crippen molar-refractivity contribution in [2.45, 2.75) is 26.3 Å². The molecule has 1 atom stereocenters. The van der Waals surface area contributed by atoms with E-state index < -0.39 is 0 Å². The minimum atomic E-state index is -0.202. The summed E-state index contributed by atoms with van der Waals surface area (Å²) >= 11 is 0. The van der Waals surface area contributed by atoms with Gasteiger partial charge in [-0.3, -0.25) is 0 Å². The SMILES string of the molecule is CCNC(Cc1ccc(OC)nc1)c1cc(F)ccc1C. The topological polar surface area (TPSA) is 34.1 Å². The molecule has 4 heteroatoms. The third kappa shape index (κ3) is 4.02. The zero-order valence-electron chi connectivity index (χ0n) is 12.7. The quantitative estimate of drug-likeness (QED) is 0.884. The number of nitrogens with zero attached hydrogens (tertiary/aromatic N) is 1. The third-order valence-corrected chi connectivity index (χ3v) is 3.51. The molecule has 112 valence electrons. The average Bonchev–Trinajstić information content (AvgIpc) is 2.50. The van der Waals surface area contributed by atoms with Crippen LogP contribution in [0.1, 0.15) is 29.7 Å². The first-order chi connectivity index (χ1) is 10.1. The Balaban J connectivity index is 2.23. The van der Waals surface area contributed by atoms with Gasteiger partial charge in [0.05, 0.1) is 7.11 Å². The van der Waals surface area contributed by atoms with Crippen molar-refractivity contribution in [2.75, 3.05) is 13.7 Å². The predicted molar refractivity (Wildman–Crippen MR) is 82.0 cm³/mol. The van der Waals surface area contributed by atoms with E-state index in [1.54, 1.807) is 19.4 Å². The lowest BCUT2D eigenvalue weighted by Gasteiger charge is -2.20. The van der Waals surface area contributed by atoms with Crippen LogP contribution in [-0.2, 0) is 6.42 Å². The number of hydrogen-bond donors (Lipinski definition) is 1. The van der Waals surface area contributed by atoms with Gasteiger partial charge >= 0.3 is 0 Å². The molecule has 0 saturated carbocycles. The van der Waals surface area contributed by atoms with Crippen LogP contribution < -0.4 is 10.1 Å². The van der Waals surface area contributed by atoms with Crippen LogP contribution in [0, 0.1) is 12.7 Å². The van der Waals surface area contributed by atoms with Gasteiger partial charge in [0.25, 0.3) is 0 Å². The zero-order chi connectivity index (χ0) is 15.2. The highest BCUT2D eigenvalue weighted by atomic mass is 19.1. The summed E-state index contributed by atoms with van der Waals surface area (Å²) < 4.78 is 18.6. The number of hydrogen-bond acceptors (Lipinski definition) is 3. The molecule has 0 fully saturated rings. The molecule has 0 radical (unpaired) electrons. The normalized spacial score (nSPS) is 12.2. The van der Waals surface area contributed by atoms with Crippen LogP contribution in [0.4, 0.5) is 4.39 Å². The van der Waals surface area contributed by atoms with Crippen molar-refractivity contribution >= 4 is 0 Å². The van der Waals surface area contributed by atoms with Crippen molar-refractivity contribution < 1.29 is 9.13 Å². The molecule has 1 unspecified atom stereocenters. The molecule has 2 aromatic rings. The van der Waals surface area contributed by atoms with E-state index in [1.165, 1.54) is 6.07 Å². The van der Waals surface area contributed by atoms with Crippen molar-refractivity contribution in [1.29, 1.82) is 0 Å². The Morgan fingerprint density at radius 1 is 1.29 bits per heavy atom. The Hall–Kier alpha value is -1.94. The Bertz CT molecular complexity index is 584. The van der Waals surface area contributed by atoms with Gasteiger partial charge in [-0.05, 0) is 48.7 Å². The van der Waals surface area contributed by atoms with Crippen molar-refractivity contribution in [3.63, 3.8) is 0 Å². The third-order valence-electron chi connectivity index (χ3n) is 3.51. The molecule has 1 N–H and O–H groups in total. The predicted octanol–water partition coefficient (Wildman–Crippen LogP) is 3.43. The van der Waals surface area contributed by atoms with E-state index in [1.807, 2.05) is 32.0 Å². The Morgan fingerprint density at radius 2 is 2.10 bits per heavy atom. The maximum atomic E-state index is 13.5. The Kier molecular flexibility index (Phi) is 5.28. The Morgan fingerprint density at radius 3 is 2.71 bits per heavy atom. The number of nitrogens with one attached hydrogen (secondary N) is 1. The largest absolute Gasteiger partial charge is 0.481 e. The summed E-state index contributed by atoms with van der Waals surface area (Å²) in [6, 6.07) is 8.83. The van der Waals surface area contributed by atoms with Crippen molar-refractivity contribution in [3.8, 4) is 5.88 Å². The number of ether oxygens (including phenoxy) is 1. The van der Waals surface area contributed by atoms with E-state index in [4.69, 9.17) is 4.74 Å². The summed E-state index contributed by atoms with van der Waals surface area (Å²) in [5.41, 5.74) is 3.17. The van der Waals surface area contributed by atoms with Gasteiger partial charge in [-0.25, -0.2) is 9.37 Å². The molecule has 0 saturated heterocycles. The van der Waals surface area contributed by atoms with Gasteiger partial charge < -0.3 is 10.1 Å². The van der Waals surface area contributed by atoms with Gasteiger partial charge in [0, 0.05) is 18.3 Å². The fourth-order valence-electron chi connectivity index (χ4n) is 2.41. The van der Waals surface area contributed by atoms with Crippen LogP contribution in [0.15, 0.2) is 36.5 Å². The number of likely N-dealkylation sites (N-methyl/N-ethyl adjacent to an activating group) is 1. The summed E-state index contributed by atoms with van der Waals surface area (Å²) in [6.45, 7) is 4.88. The first-order valence-corrected chi connectivity index (χ1v) is 7.12. The van der Waals surface area contributed by atoms with Crippen LogP contribution in [0.3, 0.4) is 0 Å². The van der Waals surface area contributed by atoms with Gasteiger partial charge in [0.1, 0.15) is 5.82 Å². The van der Waals surface area contributed by atoms with Gasteiger partial charge in [0.15, 0.2) is 0 Å². The molecule has 3 nitrogen and oxygen atoms in total. The molecule has 1 heterocycles. The van der Waals surface area contributed by atoms with Crippen molar-refractivity contribution in [1.82, 2.24) is 10.3 Å². The summed E-state index contributed by atoms with van der Waals surface area (Å²) in [5, 5.41) is 3.42. The van der Waals surface area contributed by atoms with Gasteiger partial charge in [-0.1, -0.05) is 19.1 Å². The first-order valence-electron chi connectivity index (χ1n) is 7.12. The highest BCUT2D eigenvalue weighted by Crippen LogP contribution is 2.23.